The van der Waals surface area contributed by atoms with Gasteiger partial charge in [0.15, 0.2) is 24.1 Å². The van der Waals surface area contributed by atoms with Crippen molar-refractivity contribution in [1.29, 1.82) is 0 Å². The third-order valence-corrected chi connectivity index (χ3v) is 5.98. The first-order valence-corrected chi connectivity index (χ1v) is 10.7. The standard InChI is InChI=1S/C24H18N4O6/c29-18-12-11-16-21-27(26-25-16)13-17-19(33-23(30)14-7-3-1-4-8-14)20(22(32-17)28(18)21)34-24(31)15-9-5-2-6-10-15/h1-12,17,19-20,22H,13H2/t17-,19?,20?,22+/m1/s1. The van der Waals surface area contributed by atoms with Crippen molar-refractivity contribution in [2.75, 3.05) is 0 Å². The Balaban J connectivity index is 1.42. The van der Waals surface area contributed by atoms with Crippen LogP contribution in [0.15, 0.2) is 77.6 Å². The first-order valence-electron chi connectivity index (χ1n) is 10.7. The normalized spacial score (nSPS) is 22.8. The lowest BCUT2D eigenvalue weighted by Crippen LogP contribution is -2.43. The highest BCUT2D eigenvalue weighted by Gasteiger charge is 2.53. The van der Waals surface area contributed by atoms with Crippen LogP contribution < -0.4 is 5.56 Å². The first-order chi connectivity index (χ1) is 16.6. The predicted octanol–water partition coefficient (Wildman–Crippen LogP) is 1.96. The molecule has 2 aromatic heterocycles. The lowest BCUT2D eigenvalue weighted by molar-refractivity contribution is -0.0486. The monoisotopic (exact) mass is 458 g/mol. The molecule has 4 atom stereocenters. The van der Waals surface area contributed by atoms with Gasteiger partial charge in [-0.2, -0.15) is 0 Å². The zero-order valence-corrected chi connectivity index (χ0v) is 17.7. The Morgan fingerprint density at radius 2 is 1.47 bits per heavy atom. The quantitative estimate of drug-likeness (QED) is 0.427. The fourth-order valence-corrected chi connectivity index (χ4v) is 4.41. The number of aromatic nitrogens is 4. The number of benzene rings is 2. The minimum atomic E-state index is -1.07. The van der Waals surface area contributed by atoms with Crippen LogP contribution in [-0.2, 0) is 20.8 Å². The molecule has 2 aliphatic heterocycles. The summed E-state index contributed by atoms with van der Waals surface area (Å²) < 4.78 is 20.7. The van der Waals surface area contributed by atoms with E-state index in [1.165, 1.54) is 10.6 Å². The molecular formula is C24H18N4O6. The lowest BCUT2D eigenvalue weighted by Gasteiger charge is -2.27. The SMILES string of the molecule is O=C(OC1C(OC(=O)c2ccccc2)[C@@H]2O[C@@H]1Cn1nnc3ccc(=O)n2c31)c1ccccc1. The second kappa shape index (κ2) is 7.92. The van der Waals surface area contributed by atoms with Crippen molar-refractivity contribution in [2.45, 2.75) is 31.1 Å². The van der Waals surface area contributed by atoms with Crippen molar-refractivity contribution in [2.24, 2.45) is 0 Å². The van der Waals surface area contributed by atoms with E-state index < -0.39 is 36.5 Å². The molecule has 0 spiro atoms. The molecule has 0 aliphatic carbocycles. The molecular weight excluding hydrogens is 440 g/mol. The van der Waals surface area contributed by atoms with Gasteiger partial charge in [0.05, 0.1) is 17.7 Å². The Morgan fingerprint density at radius 1 is 0.853 bits per heavy atom. The van der Waals surface area contributed by atoms with Gasteiger partial charge in [-0.05, 0) is 30.3 Å². The molecule has 170 valence electrons. The van der Waals surface area contributed by atoms with E-state index in [2.05, 4.69) is 10.3 Å². The van der Waals surface area contributed by atoms with Gasteiger partial charge in [0.2, 0.25) is 0 Å². The first kappa shape index (κ1) is 20.3. The third-order valence-electron chi connectivity index (χ3n) is 5.98. The van der Waals surface area contributed by atoms with Gasteiger partial charge in [-0.15, -0.1) is 5.10 Å². The van der Waals surface area contributed by atoms with Crippen molar-refractivity contribution >= 4 is 23.1 Å². The molecule has 2 unspecified atom stereocenters. The highest BCUT2D eigenvalue weighted by molar-refractivity contribution is 5.90. The largest absolute Gasteiger partial charge is 0.452 e. The summed E-state index contributed by atoms with van der Waals surface area (Å²) in [5.74, 6) is -1.21. The summed E-state index contributed by atoms with van der Waals surface area (Å²) in [6.45, 7) is 0.155. The highest BCUT2D eigenvalue weighted by atomic mass is 16.6. The molecule has 1 fully saturated rings. The van der Waals surface area contributed by atoms with Gasteiger partial charge in [0.25, 0.3) is 5.56 Å². The van der Waals surface area contributed by atoms with Crippen LogP contribution in [0.1, 0.15) is 26.9 Å². The molecule has 1 saturated heterocycles. The minimum Gasteiger partial charge on any atom is -0.452 e. The van der Waals surface area contributed by atoms with Crippen LogP contribution in [0.3, 0.4) is 0 Å². The molecule has 2 aliphatic rings. The maximum absolute atomic E-state index is 13.0. The molecule has 0 amide bonds. The number of ether oxygens (including phenoxy) is 3. The molecule has 4 aromatic rings. The summed E-state index contributed by atoms with van der Waals surface area (Å²) in [5.41, 5.74) is 1.25. The maximum Gasteiger partial charge on any atom is 0.338 e. The number of carbonyl (C=O) groups is 2. The van der Waals surface area contributed by atoms with Crippen LogP contribution in [0.25, 0.3) is 11.2 Å². The van der Waals surface area contributed by atoms with Crippen LogP contribution in [0.4, 0.5) is 0 Å². The van der Waals surface area contributed by atoms with E-state index in [1.54, 1.807) is 71.4 Å². The van der Waals surface area contributed by atoms with Crippen molar-refractivity contribution in [1.82, 2.24) is 19.6 Å². The molecule has 10 nitrogen and oxygen atoms in total. The van der Waals surface area contributed by atoms with Crippen molar-refractivity contribution in [3.05, 3.63) is 94.3 Å². The molecule has 0 radical (unpaired) electrons. The van der Waals surface area contributed by atoms with Gasteiger partial charge < -0.3 is 14.2 Å². The summed E-state index contributed by atoms with van der Waals surface area (Å²) in [6.07, 6.45) is -3.81. The van der Waals surface area contributed by atoms with E-state index in [-0.39, 0.29) is 12.1 Å². The zero-order chi connectivity index (χ0) is 23.2. The van der Waals surface area contributed by atoms with Gasteiger partial charge >= 0.3 is 11.9 Å². The predicted molar refractivity (Wildman–Crippen MR) is 117 cm³/mol. The van der Waals surface area contributed by atoms with Crippen molar-refractivity contribution in [3.8, 4) is 0 Å². The van der Waals surface area contributed by atoms with Gasteiger partial charge in [-0.1, -0.05) is 41.6 Å². The maximum atomic E-state index is 13.0. The number of carbonyl (C=O) groups excluding carboxylic acids is 2. The number of esters is 2. The molecule has 6 rings (SSSR count). The van der Waals surface area contributed by atoms with Crippen LogP contribution in [0.2, 0.25) is 0 Å². The highest BCUT2D eigenvalue weighted by Crippen LogP contribution is 2.38. The molecule has 0 N–H and O–H groups in total. The number of rotatable bonds is 4. The Morgan fingerprint density at radius 3 is 2.12 bits per heavy atom. The number of hydrogen-bond donors (Lipinski definition) is 0. The number of hydrogen-bond acceptors (Lipinski definition) is 8. The molecule has 2 aromatic carbocycles. The molecule has 4 heterocycles. The van der Waals surface area contributed by atoms with Crippen LogP contribution in [0, 0.1) is 0 Å². The fraction of sp³-hybridized carbons (Fsp3) is 0.208. The number of pyridine rings is 1. The van der Waals surface area contributed by atoms with Gasteiger partial charge in [0, 0.05) is 6.07 Å². The summed E-state index contributed by atoms with van der Waals surface area (Å²) in [6, 6.07) is 19.9. The molecule has 2 bridgehead atoms. The average molecular weight is 458 g/mol. The van der Waals surface area contributed by atoms with Crippen LogP contribution >= 0.6 is 0 Å². The van der Waals surface area contributed by atoms with E-state index in [9.17, 15) is 14.4 Å². The zero-order valence-electron chi connectivity index (χ0n) is 17.7. The molecule has 34 heavy (non-hydrogen) atoms. The van der Waals surface area contributed by atoms with Crippen LogP contribution in [0.5, 0.6) is 0 Å². The van der Waals surface area contributed by atoms with Gasteiger partial charge in [-0.3, -0.25) is 9.36 Å². The van der Waals surface area contributed by atoms with E-state index in [0.717, 1.165) is 0 Å². The average Bonchev–Trinajstić information content (AvgIpc) is 3.35. The van der Waals surface area contributed by atoms with Crippen molar-refractivity contribution < 1.29 is 23.8 Å². The van der Waals surface area contributed by atoms with E-state index in [1.807, 2.05) is 0 Å². The Labute approximate surface area is 192 Å². The second-order valence-corrected chi connectivity index (χ2v) is 8.06. The summed E-state index contributed by atoms with van der Waals surface area (Å²) in [4.78, 5) is 38.8. The Bertz CT molecular complexity index is 1450. The van der Waals surface area contributed by atoms with Crippen molar-refractivity contribution in [3.63, 3.8) is 0 Å². The number of fused-ring (bicyclic) bond motifs is 3. The second-order valence-electron chi connectivity index (χ2n) is 8.06. The Hall–Kier alpha value is -4.31. The lowest BCUT2D eigenvalue weighted by atomic mass is 10.1. The smallest absolute Gasteiger partial charge is 0.338 e. The summed E-state index contributed by atoms with van der Waals surface area (Å²) >= 11 is 0. The minimum absolute atomic E-state index is 0.155. The van der Waals surface area contributed by atoms with E-state index in [4.69, 9.17) is 14.2 Å². The summed E-state index contributed by atoms with van der Waals surface area (Å²) in [7, 11) is 0. The van der Waals surface area contributed by atoms with Gasteiger partial charge in [-0.25, -0.2) is 14.3 Å². The number of nitrogens with zero attached hydrogens (tertiary/aromatic N) is 4. The van der Waals surface area contributed by atoms with Crippen LogP contribution in [-0.4, -0.2) is 49.8 Å². The molecule has 0 saturated carbocycles. The topological polar surface area (TPSA) is 115 Å². The third kappa shape index (κ3) is 3.27. The fourth-order valence-electron chi connectivity index (χ4n) is 4.41. The Kier molecular flexibility index (Phi) is 4.73. The molecule has 10 heteroatoms. The summed E-state index contributed by atoms with van der Waals surface area (Å²) in [5, 5.41) is 8.25. The van der Waals surface area contributed by atoms with Gasteiger partial charge in [0.1, 0.15) is 11.6 Å². The van der Waals surface area contributed by atoms with E-state index in [0.29, 0.717) is 22.3 Å². The van der Waals surface area contributed by atoms with E-state index >= 15 is 0 Å².